The summed E-state index contributed by atoms with van der Waals surface area (Å²) in [6, 6.07) is -0.271. The molecule has 6 nitrogen and oxygen atoms in total. The van der Waals surface area contributed by atoms with Crippen LogP contribution >= 0.6 is 0 Å². The van der Waals surface area contributed by atoms with Gasteiger partial charge in [0.1, 0.15) is 6.04 Å². The van der Waals surface area contributed by atoms with Crippen LogP contribution in [-0.4, -0.2) is 73.1 Å². The van der Waals surface area contributed by atoms with Crippen LogP contribution in [0.25, 0.3) is 0 Å². The average Bonchev–Trinajstić information content (AvgIpc) is 2.28. The zero-order chi connectivity index (χ0) is 13.9. The van der Waals surface area contributed by atoms with Crippen LogP contribution in [-0.2, 0) is 9.59 Å². The van der Waals surface area contributed by atoms with Crippen LogP contribution in [0.3, 0.4) is 0 Å². The minimum Gasteiger partial charge on any atom is -0.481 e. The largest absolute Gasteiger partial charge is 0.481 e. The molecule has 1 saturated heterocycles. The van der Waals surface area contributed by atoms with Gasteiger partial charge in [0.2, 0.25) is 5.91 Å². The normalized spacial score (nSPS) is 21.7. The van der Waals surface area contributed by atoms with Crippen molar-refractivity contribution in [2.75, 3.05) is 40.3 Å². The van der Waals surface area contributed by atoms with Crippen molar-refractivity contribution in [1.82, 2.24) is 15.1 Å². The molecule has 6 heteroatoms. The number of likely N-dealkylation sites (N-methyl/N-ethyl adjacent to an activating group) is 1. The van der Waals surface area contributed by atoms with E-state index in [9.17, 15) is 9.59 Å². The van der Waals surface area contributed by atoms with E-state index in [1.807, 2.05) is 4.90 Å². The maximum Gasteiger partial charge on any atom is 0.310 e. The van der Waals surface area contributed by atoms with Crippen molar-refractivity contribution >= 4 is 11.9 Å². The van der Waals surface area contributed by atoms with Gasteiger partial charge in [-0.25, -0.2) is 0 Å². The van der Waals surface area contributed by atoms with E-state index in [1.54, 1.807) is 32.8 Å². The topological polar surface area (TPSA) is 72.9 Å². The first-order chi connectivity index (χ1) is 8.25. The number of carboxylic acids is 1. The molecule has 1 fully saturated rings. The van der Waals surface area contributed by atoms with Gasteiger partial charge >= 0.3 is 5.97 Å². The summed E-state index contributed by atoms with van der Waals surface area (Å²) < 4.78 is 0. The van der Waals surface area contributed by atoms with Crippen LogP contribution in [0.4, 0.5) is 0 Å². The molecular weight excluding hydrogens is 234 g/mol. The summed E-state index contributed by atoms with van der Waals surface area (Å²) in [6.45, 7) is 5.82. The number of carbonyl (C=O) groups is 2. The molecule has 1 heterocycles. The lowest BCUT2D eigenvalue weighted by molar-refractivity contribution is -0.150. The van der Waals surface area contributed by atoms with Gasteiger partial charge in [-0.2, -0.15) is 0 Å². The molecule has 0 aromatic heterocycles. The first-order valence-corrected chi connectivity index (χ1v) is 6.15. The van der Waals surface area contributed by atoms with Gasteiger partial charge in [-0.15, -0.1) is 0 Å². The molecule has 0 bridgehead atoms. The van der Waals surface area contributed by atoms with E-state index >= 15 is 0 Å². The summed E-state index contributed by atoms with van der Waals surface area (Å²) in [6.07, 6.45) is 0. The van der Waals surface area contributed by atoms with Crippen LogP contribution in [0.1, 0.15) is 13.8 Å². The first kappa shape index (κ1) is 14.9. The Labute approximate surface area is 108 Å². The summed E-state index contributed by atoms with van der Waals surface area (Å²) in [4.78, 5) is 26.7. The summed E-state index contributed by atoms with van der Waals surface area (Å²) in [5.74, 6) is -0.819. The third-order valence-corrected chi connectivity index (χ3v) is 3.26. The summed E-state index contributed by atoms with van der Waals surface area (Å²) in [7, 11) is 3.44. The zero-order valence-corrected chi connectivity index (χ0v) is 11.6. The minimum atomic E-state index is -0.845. The number of nitrogens with one attached hydrogen (secondary N) is 1. The van der Waals surface area contributed by atoms with Crippen LogP contribution in [0.5, 0.6) is 0 Å². The lowest BCUT2D eigenvalue weighted by atomic mass is 9.92. The molecule has 0 aliphatic carbocycles. The molecule has 1 aliphatic rings. The van der Waals surface area contributed by atoms with E-state index in [-0.39, 0.29) is 11.9 Å². The second kappa shape index (κ2) is 5.67. The Morgan fingerprint density at radius 3 is 2.56 bits per heavy atom. The molecule has 1 rings (SSSR count). The van der Waals surface area contributed by atoms with E-state index in [0.717, 1.165) is 6.54 Å². The summed E-state index contributed by atoms with van der Waals surface area (Å²) in [5, 5.41) is 12.3. The van der Waals surface area contributed by atoms with E-state index in [4.69, 9.17) is 5.11 Å². The fourth-order valence-corrected chi connectivity index (χ4v) is 2.05. The number of hydrogen-bond acceptors (Lipinski definition) is 4. The van der Waals surface area contributed by atoms with E-state index in [2.05, 4.69) is 5.32 Å². The Kier molecular flexibility index (Phi) is 4.70. The molecule has 2 N–H and O–H groups in total. The Balaban J connectivity index is 2.77. The monoisotopic (exact) mass is 257 g/mol. The molecule has 1 atom stereocenters. The Bertz CT molecular complexity index is 329. The number of nitrogens with zero attached hydrogens (tertiary/aromatic N) is 2. The number of amides is 1. The third kappa shape index (κ3) is 3.43. The van der Waals surface area contributed by atoms with Gasteiger partial charge in [-0.05, 0) is 13.8 Å². The van der Waals surface area contributed by atoms with E-state index < -0.39 is 11.4 Å². The SMILES string of the molecule is CN(C)C(=O)C1CNCCN1CC(C)(C)C(=O)O. The minimum absolute atomic E-state index is 0.0170. The smallest absolute Gasteiger partial charge is 0.310 e. The highest BCUT2D eigenvalue weighted by atomic mass is 16.4. The van der Waals surface area contributed by atoms with Gasteiger partial charge in [0.05, 0.1) is 5.41 Å². The maximum absolute atomic E-state index is 12.1. The standard InChI is InChI=1S/C12H23N3O3/c1-12(2,11(17)18)8-15-6-5-13-7-9(15)10(16)14(3)4/h9,13H,5-8H2,1-4H3,(H,17,18). The predicted molar refractivity (Wildman–Crippen MR) is 68.3 cm³/mol. The Hall–Kier alpha value is -1.14. The number of carboxylic acid groups (broad SMARTS) is 1. The second-order valence-corrected chi connectivity index (χ2v) is 5.61. The molecule has 0 aromatic carbocycles. The van der Waals surface area contributed by atoms with Crippen molar-refractivity contribution in [1.29, 1.82) is 0 Å². The molecule has 0 saturated carbocycles. The predicted octanol–water partition coefficient (Wildman–Crippen LogP) is -0.541. The fraction of sp³-hybridized carbons (Fsp3) is 0.833. The lowest BCUT2D eigenvalue weighted by Gasteiger charge is -2.39. The van der Waals surface area contributed by atoms with Crippen molar-refractivity contribution in [2.24, 2.45) is 5.41 Å². The molecule has 0 radical (unpaired) electrons. The van der Waals surface area contributed by atoms with Crippen molar-refractivity contribution in [3.63, 3.8) is 0 Å². The molecule has 1 amide bonds. The van der Waals surface area contributed by atoms with Crippen LogP contribution in [0.2, 0.25) is 0 Å². The van der Waals surface area contributed by atoms with Gasteiger partial charge < -0.3 is 15.3 Å². The number of aliphatic carboxylic acids is 1. The van der Waals surface area contributed by atoms with Crippen LogP contribution in [0, 0.1) is 5.41 Å². The summed E-state index contributed by atoms with van der Waals surface area (Å²) in [5.41, 5.74) is -0.845. The van der Waals surface area contributed by atoms with E-state index in [1.165, 1.54) is 0 Å². The highest BCUT2D eigenvalue weighted by molar-refractivity contribution is 5.82. The second-order valence-electron chi connectivity index (χ2n) is 5.61. The molecule has 1 aliphatic heterocycles. The van der Waals surface area contributed by atoms with Gasteiger partial charge in [-0.1, -0.05) is 0 Å². The van der Waals surface area contributed by atoms with Crippen molar-refractivity contribution in [2.45, 2.75) is 19.9 Å². The maximum atomic E-state index is 12.1. The quantitative estimate of drug-likeness (QED) is 0.707. The highest BCUT2D eigenvalue weighted by Crippen LogP contribution is 2.20. The Morgan fingerprint density at radius 1 is 1.44 bits per heavy atom. The van der Waals surface area contributed by atoms with Gasteiger partial charge in [0, 0.05) is 40.3 Å². The molecule has 18 heavy (non-hydrogen) atoms. The summed E-state index contributed by atoms with van der Waals surface area (Å²) >= 11 is 0. The van der Waals surface area contributed by atoms with Crippen molar-refractivity contribution in [3.8, 4) is 0 Å². The highest BCUT2D eigenvalue weighted by Gasteiger charge is 2.36. The number of piperazine rings is 1. The molecule has 0 spiro atoms. The van der Waals surface area contributed by atoms with Crippen LogP contribution in [0.15, 0.2) is 0 Å². The van der Waals surface area contributed by atoms with E-state index in [0.29, 0.717) is 19.6 Å². The molecule has 104 valence electrons. The zero-order valence-electron chi connectivity index (χ0n) is 11.6. The molecule has 1 unspecified atom stereocenters. The number of carbonyl (C=O) groups excluding carboxylic acids is 1. The molecule has 0 aromatic rings. The van der Waals surface area contributed by atoms with Gasteiger partial charge in [0.25, 0.3) is 0 Å². The van der Waals surface area contributed by atoms with Gasteiger partial charge in [0.15, 0.2) is 0 Å². The number of hydrogen-bond donors (Lipinski definition) is 2. The van der Waals surface area contributed by atoms with Gasteiger partial charge in [-0.3, -0.25) is 14.5 Å². The average molecular weight is 257 g/mol. The third-order valence-electron chi connectivity index (χ3n) is 3.26. The van der Waals surface area contributed by atoms with Crippen LogP contribution < -0.4 is 5.32 Å². The lowest BCUT2D eigenvalue weighted by Crippen LogP contribution is -2.59. The van der Waals surface area contributed by atoms with Crippen molar-refractivity contribution < 1.29 is 14.7 Å². The Morgan fingerprint density at radius 2 is 2.06 bits per heavy atom. The first-order valence-electron chi connectivity index (χ1n) is 6.15. The number of rotatable bonds is 4. The fourth-order valence-electron chi connectivity index (χ4n) is 2.05. The molecular formula is C12H23N3O3. The van der Waals surface area contributed by atoms with Crippen molar-refractivity contribution in [3.05, 3.63) is 0 Å².